The molecule has 0 unspecified atom stereocenters. The molecule has 0 amide bonds. The average molecular weight is 494 g/mol. The van der Waals surface area contributed by atoms with Crippen molar-refractivity contribution in [3.8, 4) is 5.75 Å². The second-order valence-electron chi connectivity index (χ2n) is 9.03. The van der Waals surface area contributed by atoms with Gasteiger partial charge in [0.1, 0.15) is 5.75 Å². The van der Waals surface area contributed by atoms with Crippen LogP contribution in [0.25, 0.3) is 5.57 Å². The van der Waals surface area contributed by atoms with Crippen LogP contribution in [0.2, 0.25) is 5.02 Å². The van der Waals surface area contributed by atoms with Crippen LogP contribution in [0.3, 0.4) is 0 Å². The lowest BCUT2D eigenvalue weighted by molar-refractivity contribution is -0.147. The van der Waals surface area contributed by atoms with Gasteiger partial charge in [-0.1, -0.05) is 29.3 Å². The minimum atomic E-state index is -4.43. The van der Waals surface area contributed by atoms with E-state index in [1.54, 1.807) is 0 Å². The van der Waals surface area contributed by atoms with E-state index in [4.69, 9.17) is 21.4 Å². The molecule has 0 aromatic heterocycles. The Hall–Kier alpha value is -2.51. The van der Waals surface area contributed by atoms with Crippen molar-refractivity contribution < 1.29 is 27.8 Å². The van der Waals surface area contributed by atoms with Gasteiger partial charge in [0.2, 0.25) is 0 Å². The Morgan fingerprint density at radius 1 is 1.18 bits per heavy atom. The zero-order chi connectivity index (χ0) is 24.5. The smallest absolute Gasteiger partial charge is 0.416 e. The third-order valence-electron chi connectivity index (χ3n) is 6.66. The van der Waals surface area contributed by atoms with Gasteiger partial charge in [-0.2, -0.15) is 13.2 Å². The fourth-order valence-electron chi connectivity index (χ4n) is 4.70. The lowest BCUT2D eigenvalue weighted by atomic mass is 9.85. The summed E-state index contributed by atoms with van der Waals surface area (Å²) in [7, 11) is 0. The van der Waals surface area contributed by atoms with Crippen molar-refractivity contribution in [2.75, 3.05) is 26.2 Å². The van der Waals surface area contributed by atoms with E-state index in [9.17, 15) is 18.0 Å². The van der Waals surface area contributed by atoms with Crippen molar-refractivity contribution in [3.05, 3.63) is 69.2 Å². The molecule has 0 saturated carbocycles. The van der Waals surface area contributed by atoms with Crippen LogP contribution in [-0.4, -0.2) is 42.2 Å². The number of nitrogens with zero attached hydrogens (tertiary/aromatic N) is 1. The Bertz CT molecular complexity index is 1110. The molecule has 182 valence electrons. The number of benzene rings is 2. The number of fused-ring (bicyclic) bond motifs is 1. The Balaban J connectivity index is 1.32. The third-order valence-corrected chi connectivity index (χ3v) is 6.90. The number of alkyl halides is 3. The molecule has 0 atom stereocenters. The number of halogens is 4. The summed E-state index contributed by atoms with van der Waals surface area (Å²) >= 11 is 5.74. The average Bonchev–Trinajstić information content (AvgIpc) is 2.74. The fourth-order valence-corrected chi connectivity index (χ4v) is 4.87. The van der Waals surface area contributed by atoms with Gasteiger partial charge in [-0.25, -0.2) is 0 Å². The summed E-state index contributed by atoms with van der Waals surface area (Å²) < 4.78 is 45.6. The van der Waals surface area contributed by atoms with Crippen molar-refractivity contribution in [2.24, 2.45) is 5.92 Å². The Labute approximate surface area is 202 Å². The maximum atomic E-state index is 13.2. The minimum Gasteiger partial charge on any atom is -0.494 e. The van der Waals surface area contributed by atoms with Crippen LogP contribution in [0, 0.1) is 5.92 Å². The summed E-state index contributed by atoms with van der Waals surface area (Å²) in [5.41, 5.74) is 4.48. The summed E-state index contributed by atoms with van der Waals surface area (Å²) in [5.74, 6) is -0.261. The summed E-state index contributed by atoms with van der Waals surface area (Å²) in [5, 5.41) is 9.13. The number of carboxylic acid groups (broad SMARTS) is 1. The van der Waals surface area contributed by atoms with E-state index in [1.807, 2.05) is 18.2 Å². The highest BCUT2D eigenvalue weighted by Gasteiger charge is 2.34. The number of carboxylic acids is 1. The molecule has 1 heterocycles. The highest BCUT2D eigenvalue weighted by atomic mass is 35.5. The van der Waals surface area contributed by atoms with Crippen molar-refractivity contribution >= 4 is 23.1 Å². The highest BCUT2D eigenvalue weighted by Crippen LogP contribution is 2.36. The number of ether oxygens (including phenoxy) is 1. The second-order valence-corrected chi connectivity index (χ2v) is 9.46. The molecule has 1 saturated heterocycles. The van der Waals surface area contributed by atoms with E-state index in [2.05, 4.69) is 11.8 Å². The van der Waals surface area contributed by atoms with Crippen LogP contribution in [0.1, 0.15) is 42.0 Å². The van der Waals surface area contributed by atoms with Crippen molar-refractivity contribution in [1.82, 2.24) is 4.90 Å². The molecule has 1 aliphatic carbocycles. The standard InChI is InChI=1S/C26H27ClF3NO3/c1-16-19(13-31-14-20(15-31)25(32)33)5-4-18-11-22(8-9-23(16)18)34-10-2-3-17-6-7-21(27)12-24(17)26(28,29)30/h6-9,11-12,20H,2-5,10,13-15H2,1H3,(H,32,33). The van der Waals surface area contributed by atoms with Gasteiger partial charge < -0.3 is 9.84 Å². The van der Waals surface area contributed by atoms with Gasteiger partial charge >= 0.3 is 12.1 Å². The van der Waals surface area contributed by atoms with Gasteiger partial charge in [0.15, 0.2) is 0 Å². The number of aliphatic carboxylic acids is 1. The molecule has 4 nitrogen and oxygen atoms in total. The molecule has 2 aromatic carbocycles. The van der Waals surface area contributed by atoms with E-state index < -0.39 is 17.7 Å². The third kappa shape index (κ3) is 5.58. The van der Waals surface area contributed by atoms with Gasteiger partial charge in [0.05, 0.1) is 18.1 Å². The molecule has 0 radical (unpaired) electrons. The zero-order valence-electron chi connectivity index (χ0n) is 18.9. The molecule has 1 fully saturated rings. The predicted octanol–water partition coefficient (Wildman–Crippen LogP) is 6.11. The lowest BCUT2D eigenvalue weighted by Crippen LogP contribution is -2.50. The summed E-state index contributed by atoms with van der Waals surface area (Å²) in [4.78, 5) is 13.2. The van der Waals surface area contributed by atoms with Crippen LogP contribution in [0.5, 0.6) is 5.75 Å². The van der Waals surface area contributed by atoms with Crippen LogP contribution in [-0.2, 0) is 23.8 Å². The first-order valence-electron chi connectivity index (χ1n) is 11.4. The van der Waals surface area contributed by atoms with E-state index in [1.165, 1.54) is 34.4 Å². The Morgan fingerprint density at radius 2 is 1.94 bits per heavy atom. The Morgan fingerprint density at radius 3 is 2.65 bits per heavy atom. The fraction of sp³-hybridized carbons (Fsp3) is 0.423. The number of carbonyl (C=O) groups is 1. The molecule has 2 aliphatic rings. The SMILES string of the molecule is CC1=C(CN2CC(C(=O)O)C2)CCc2cc(OCCCc3ccc(Cl)cc3C(F)(F)F)ccc21. The van der Waals surface area contributed by atoms with Crippen LogP contribution >= 0.6 is 11.6 Å². The summed E-state index contributed by atoms with van der Waals surface area (Å²) in [6.45, 7) is 4.43. The van der Waals surface area contributed by atoms with Crippen molar-refractivity contribution in [2.45, 2.75) is 38.8 Å². The molecule has 4 rings (SSSR count). The van der Waals surface area contributed by atoms with E-state index in [-0.39, 0.29) is 22.9 Å². The van der Waals surface area contributed by atoms with Gasteiger partial charge in [0.25, 0.3) is 0 Å². The van der Waals surface area contributed by atoms with Gasteiger partial charge in [-0.05, 0) is 79.1 Å². The number of allylic oxidation sites excluding steroid dienone is 1. The van der Waals surface area contributed by atoms with Crippen LogP contribution in [0.4, 0.5) is 13.2 Å². The van der Waals surface area contributed by atoms with Gasteiger partial charge in [-0.15, -0.1) is 0 Å². The van der Waals surface area contributed by atoms with Crippen LogP contribution < -0.4 is 4.74 Å². The first-order chi connectivity index (χ1) is 16.1. The first-order valence-corrected chi connectivity index (χ1v) is 11.7. The van der Waals surface area contributed by atoms with Crippen molar-refractivity contribution in [3.63, 3.8) is 0 Å². The maximum absolute atomic E-state index is 13.2. The predicted molar refractivity (Wildman–Crippen MR) is 125 cm³/mol. The van der Waals surface area contributed by atoms with E-state index in [0.29, 0.717) is 31.9 Å². The maximum Gasteiger partial charge on any atom is 0.416 e. The monoisotopic (exact) mass is 493 g/mol. The molecule has 8 heteroatoms. The normalized spacial score (nSPS) is 16.9. The zero-order valence-corrected chi connectivity index (χ0v) is 19.7. The largest absolute Gasteiger partial charge is 0.494 e. The highest BCUT2D eigenvalue weighted by molar-refractivity contribution is 6.30. The van der Waals surface area contributed by atoms with Gasteiger partial charge in [-0.3, -0.25) is 9.69 Å². The van der Waals surface area contributed by atoms with E-state index >= 15 is 0 Å². The molecule has 2 aromatic rings. The van der Waals surface area contributed by atoms with E-state index in [0.717, 1.165) is 25.5 Å². The number of hydrogen-bond acceptors (Lipinski definition) is 3. The molecule has 0 spiro atoms. The molecule has 1 N–H and O–H groups in total. The summed E-state index contributed by atoms with van der Waals surface area (Å²) in [6.07, 6.45) is -1.92. The van der Waals surface area contributed by atoms with Crippen molar-refractivity contribution in [1.29, 1.82) is 0 Å². The summed E-state index contributed by atoms with van der Waals surface area (Å²) in [6, 6.07) is 9.84. The molecule has 0 bridgehead atoms. The lowest BCUT2D eigenvalue weighted by Gasteiger charge is -2.38. The molecular formula is C26H27ClF3NO3. The quantitative estimate of drug-likeness (QED) is 0.451. The molecular weight excluding hydrogens is 467 g/mol. The number of rotatable bonds is 8. The topological polar surface area (TPSA) is 49.8 Å². The first kappa shape index (κ1) is 24.6. The Kier molecular flexibility index (Phi) is 7.24. The van der Waals surface area contributed by atoms with Crippen LogP contribution in [0.15, 0.2) is 42.0 Å². The second kappa shape index (κ2) is 10.0. The van der Waals surface area contributed by atoms with Gasteiger partial charge in [0, 0.05) is 24.7 Å². The number of aryl methyl sites for hydroxylation is 2. The minimum absolute atomic E-state index is 0.0724. The number of likely N-dealkylation sites (tertiary alicyclic amines) is 1. The number of hydrogen-bond donors (Lipinski definition) is 1. The molecule has 1 aliphatic heterocycles. The molecule has 34 heavy (non-hydrogen) atoms.